The molecule has 2 N–H and O–H groups in total. The van der Waals surface area contributed by atoms with Crippen molar-refractivity contribution < 1.29 is 4.74 Å². The van der Waals surface area contributed by atoms with E-state index >= 15 is 0 Å². The second-order valence-corrected chi connectivity index (χ2v) is 5.47. The van der Waals surface area contributed by atoms with Crippen LogP contribution in [-0.4, -0.2) is 56.2 Å². The van der Waals surface area contributed by atoms with Gasteiger partial charge in [0.25, 0.3) is 0 Å². The second kappa shape index (κ2) is 7.01. The third kappa shape index (κ3) is 4.58. The van der Waals surface area contributed by atoms with Crippen molar-refractivity contribution in [2.75, 3.05) is 40.3 Å². The normalized spacial score (nSPS) is 20.9. The standard InChI is InChI=1S/C15H25N3O/c1-17-7-8-19-15(11-17)12-18(2)10-14-5-3-13(9-16)4-6-14/h3-6,15H,7-12,16H2,1-2H3. The summed E-state index contributed by atoms with van der Waals surface area (Å²) in [5.74, 6) is 0. The number of morpholine rings is 1. The summed E-state index contributed by atoms with van der Waals surface area (Å²) in [6.45, 7) is 5.45. The van der Waals surface area contributed by atoms with Crippen LogP contribution in [-0.2, 0) is 17.8 Å². The molecular formula is C15H25N3O. The molecule has 1 atom stereocenters. The first kappa shape index (κ1) is 14.5. The van der Waals surface area contributed by atoms with Gasteiger partial charge in [0, 0.05) is 32.7 Å². The van der Waals surface area contributed by atoms with Crippen LogP contribution in [0.3, 0.4) is 0 Å². The third-order valence-electron chi connectivity index (χ3n) is 3.57. The molecule has 4 heteroatoms. The maximum atomic E-state index is 5.79. The maximum absolute atomic E-state index is 5.79. The van der Waals surface area contributed by atoms with Crippen LogP contribution in [0.1, 0.15) is 11.1 Å². The van der Waals surface area contributed by atoms with Crippen LogP contribution >= 0.6 is 0 Å². The molecule has 1 aliphatic heterocycles. The Hall–Kier alpha value is -0.940. The number of benzene rings is 1. The van der Waals surface area contributed by atoms with Crippen LogP contribution in [0.15, 0.2) is 24.3 Å². The molecule has 0 aliphatic carbocycles. The summed E-state index contributed by atoms with van der Waals surface area (Å²) in [4.78, 5) is 4.65. The van der Waals surface area contributed by atoms with Gasteiger partial charge in [-0.2, -0.15) is 0 Å². The number of hydrogen-bond donors (Lipinski definition) is 1. The average Bonchev–Trinajstić information content (AvgIpc) is 2.39. The summed E-state index contributed by atoms with van der Waals surface area (Å²) in [5.41, 5.74) is 8.11. The number of likely N-dealkylation sites (N-methyl/N-ethyl adjacent to an activating group) is 2. The van der Waals surface area contributed by atoms with Crippen molar-refractivity contribution in [3.8, 4) is 0 Å². The summed E-state index contributed by atoms with van der Waals surface area (Å²) >= 11 is 0. The van der Waals surface area contributed by atoms with Crippen LogP contribution in [0, 0.1) is 0 Å². The third-order valence-corrected chi connectivity index (χ3v) is 3.57. The minimum absolute atomic E-state index is 0.326. The number of nitrogens with two attached hydrogens (primary N) is 1. The van der Waals surface area contributed by atoms with E-state index in [0.717, 1.165) is 32.8 Å². The average molecular weight is 263 g/mol. The predicted molar refractivity (Wildman–Crippen MR) is 77.9 cm³/mol. The van der Waals surface area contributed by atoms with E-state index in [9.17, 15) is 0 Å². The predicted octanol–water partition coefficient (Wildman–Crippen LogP) is 0.908. The van der Waals surface area contributed by atoms with Gasteiger partial charge >= 0.3 is 0 Å². The monoisotopic (exact) mass is 263 g/mol. The van der Waals surface area contributed by atoms with Crippen LogP contribution in [0.4, 0.5) is 0 Å². The smallest absolute Gasteiger partial charge is 0.0829 e. The molecule has 4 nitrogen and oxygen atoms in total. The molecule has 0 amide bonds. The Morgan fingerprint density at radius 2 is 2.00 bits per heavy atom. The van der Waals surface area contributed by atoms with Crippen molar-refractivity contribution in [2.45, 2.75) is 19.2 Å². The lowest BCUT2D eigenvalue weighted by atomic mass is 10.1. The number of hydrogen-bond acceptors (Lipinski definition) is 4. The fourth-order valence-corrected chi connectivity index (χ4v) is 2.48. The summed E-state index contributed by atoms with van der Waals surface area (Å²) in [7, 11) is 4.30. The highest BCUT2D eigenvalue weighted by atomic mass is 16.5. The summed E-state index contributed by atoms with van der Waals surface area (Å²) in [5, 5.41) is 0. The van der Waals surface area contributed by atoms with Crippen molar-refractivity contribution in [3.05, 3.63) is 35.4 Å². The summed E-state index contributed by atoms with van der Waals surface area (Å²) in [6, 6.07) is 8.53. The van der Waals surface area contributed by atoms with Gasteiger partial charge in [-0.25, -0.2) is 0 Å². The zero-order chi connectivity index (χ0) is 13.7. The minimum Gasteiger partial charge on any atom is -0.374 e. The molecule has 0 aromatic heterocycles. The van der Waals surface area contributed by atoms with E-state index in [1.54, 1.807) is 0 Å². The fraction of sp³-hybridized carbons (Fsp3) is 0.600. The molecule has 106 valence electrons. The number of ether oxygens (including phenoxy) is 1. The Morgan fingerprint density at radius 1 is 1.32 bits per heavy atom. The zero-order valence-corrected chi connectivity index (χ0v) is 12.0. The quantitative estimate of drug-likeness (QED) is 0.857. The van der Waals surface area contributed by atoms with Crippen LogP contribution in [0.25, 0.3) is 0 Å². The van der Waals surface area contributed by atoms with Gasteiger partial charge in [0.2, 0.25) is 0 Å². The Morgan fingerprint density at radius 3 is 2.63 bits per heavy atom. The molecule has 1 fully saturated rings. The van der Waals surface area contributed by atoms with Gasteiger partial charge in [0.15, 0.2) is 0 Å². The molecule has 1 heterocycles. The first-order valence-electron chi connectivity index (χ1n) is 6.94. The lowest BCUT2D eigenvalue weighted by Gasteiger charge is -2.32. The molecule has 19 heavy (non-hydrogen) atoms. The first-order chi connectivity index (χ1) is 9.17. The fourth-order valence-electron chi connectivity index (χ4n) is 2.48. The molecule has 1 aromatic carbocycles. The van der Waals surface area contributed by atoms with Crippen molar-refractivity contribution >= 4 is 0 Å². The van der Waals surface area contributed by atoms with Gasteiger partial charge in [-0.1, -0.05) is 24.3 Å². The zero-order valence-electron chi connectivity index (χ0n) is 12.0. The molecular weight excluding hydrogens is 238 g/mol. The van der Waals surface area contributed by atoms with Gasteiger partial charge in [-0.15, -0.1) is 0 Å². The van der Waals surface area contributed by atoms with Crippen LogP contribution in [0.5, 0.6) is 0 Å². The SMILES string of the molecule is CN1CCOC(CN(C)Cc2ccc(CN)cc2)C1. The molecule has 1 aromatic rings. The van der Waals surface area contributed by atoms with E-state index in [0.29, 0.717) is 12.6 Å². The topological polar surface area (TPSA) is 41.7 Å². The van der Waals surface area contributed by atoms with E-state index in [4.69, 9.17) is 10.5 Å². The van der Waals surface area contributed by atoms with Gasteiger partial charge in [0.05, 0.1) is 12.7 Å². The van der Waals surface area contributed by atoms with Gasteiger partial charge in [0.1, 0.15) is 0 Å². The van der Waals surface area contributed by atoms with Crippen molar-refractivity contribution in [3.63, 3.8) is 0 Å². The number of rotatable bonds is 5. The lowest BCUT2D eigenvalue weighted by Crippen LogP contribution is -2.45. The van der Waals surface area contributed by atoms with Crippen LogP contribution < -0.4 is 5.73 Å². The Kier molecular flexibility index (Phi) is 5.34. The van der Waals surface area contributed by atoms with Gasteiger partial charge in [-0.05, 0) is 25.2 Å². The van der Waals surface area contributed by atoms with Gasteiger partial charge < -0.3 is 15.4 Å². The highest BCUT2D eigenvalue weighted by molar-refractivity contribution is 5.22. The highest BCUT2D eigenvalue weighted by Crippen LogP contribution is 2.09. The molecule has 0 radical (unpaired) electrons. The Balaban J connectivity index is 1.81. The maximum Gasteiger partial charge on any atom is 0.0829 e. The summed E-state index contributed by atoms with van der Waals surface area (Å²) in [6.07, 6.45) is 0.326. The van der Waals surface area contributed by atoms with E-state index < -0.39 is 0 Å². The minimum atomic E-state index is 0.326. The van der Waals surface area contributed by atoms with Crippen molar-refractivity contribution in [1.29, 1.82) is 0 Å². The molecule has 2 rings (SSSR count). The second-order valence-electron chi connectivity index (χ2n) is 5.47. The van der Waals surface area contributed by atoms with E-state index in [1.807, 2.05) is 0 Å². The first-order valence-corrected chi connectivity index (χ1v) is 6.94. The van der Waals surface area contributed by atoms with Gasteiger partial charge in [-0.3, -0.25) is 4.90 Å². The molecule has 0 saturated carbocycles. The van der Waals surface area contributed by atoms with E-state index in [-0.39, 0.29) is 0 Å². The highest BCUT2D eigenvalue weighted by Gasteiger charge is 2.19. The molecule has 1 saturated heterocycles. The largest absolute Gasteiger partial charge is 0.374 e. The van der Waals surface area contributed by atoms with E-state index in [1.165, 1.54) is 11.1 Å². The Labute approximate surface area is 116 Å². The molecule has 1 aliphatic rings. The molecule has 0 spiro atoms. The lowest BCUT2D eigenvalue weighted by molar-refractivity contribution is -0.0333. The summed E-state index contributed by atoms with van der Waals surface area (Å²) < 4.78 is 5.79. The Bertz CT molecular complexity index is 379. The molecule has 0 bridgehead atoms. The van der Waals surface area contributed by atoms with E-state index in [2.05, 4.69) is 48.2 Å². The van der Waals surface area contributed by atoms with Crippen LogP contribution in [0.2, 0.25) is 0 Å². The van der Waals surface area contributed by atoms with Crippen molar-refractivity contribution in [1.82, 2.24) is 9.80 Å². The molecule has 1 unspecified atom stereocenters. The van der Waals surface area contributed by atoms with Crippen molar-refractivity contribution in [2.24, 2.45) is 5.73 Å². The number of nitrogens with zero attached hydrogens (tertiary/aromatic N) is 2.